The lowest BCUT2D eigenvalue weighted by Crippen LogP contribution is -2.35. The fourth-order valence-electron chi connectivity index (χ4n) is 1.30. The van der Waals surface area contributed by atoms with E-state index < -0.39 is 17.7 Å². The first-order chi connectivity index (χ1) is 8.06. The molecule has 1 fully saturated rings. The van der Waals surface area contributed by atoms with Gasteiger partial charge in [-0.15, -0.1) is 0 Å². The highest BCUT2D eigenvalue weighted by molar-refractivity contribution is 6.02. The second kappa shape index (κ2) is 4.48. The minimum Gasteiger partial charge on any atom is -0.308 e. The fraction of sp³-hybridized carbons (Fsp3) is 0.273. The van der Waals surface area contributed by atoms with Crippen LogP contribution in [0.3, 0.4) is 0 Å². The van der Waals surface area contributed by atoms with Gasteiger partial charge >= 0.3 is 6.03 Å². The van der Waals surface area contributed by atoms with Gasteiger partial charge in [0, 0.05) is 17.7 Å². The van der Waals surface area contributed by atoms with Gasteiger partial charge in [-0.1, -0.05) is 0 Å². The van der Waals surface area contributed by atoms with Crippen molar-refractivity contribution in [2.24, 2.45) is 5.92 Å². The molecule has 0 heterocycles. The smallest absolute Gasteiger partial charge is 0.308 e. The Bertz CT molecular complexity index is 473. The monoisotopic (exact) mass is 240 g/mol. The van der Waals surface area contributed by atoms with E-state index in [0.29, 0.717) is 0 Å². The van der Waals surface area contributed by atoms with Gasteiger partial charge in [0.15, 0.2) is 11.6 Å². The second-order valence-electron chi connectivity index (χ2n) is 3.85. The Labute approximate surface area is 96.0 Å². The topological polar surface area (TPSA) is 58.2 Å². The van der Waals surface area contributed by atoms with Crippen molar-refractivity contribution in [1.82, 2.24) is 5.32 Å². The van der Waals surface area contributed by atoms with Crippen molar-refractivity contribution in [2.45, 2.75) is 12.8 Å². The maximum absolute atomic E-state index is 12.8. The molecule has 0 aliphatic heterocycles. The molecule has 0 atom stereocenters. The van der Waals surface area contributed by atoms with Crippen LogP contribution in [0.1, 0.15) is 12.8 Å². The van der Waals surface area contributed by atoms with Crippen molar-refractivity contribution in [1.29, 1.82) is 0 Å². The third-order valence-electron chi connectivity index (χ3n) is 2.36. The van der Waals surface area contributed by atoms with Crippen LogP contribution in [0.15, 0.2) is 18.2 Å². The molecule has 1 aromatic carbocycles. The quantitative estimate of drug-likeness (QED) is 0.830. The molecule has 17 heavy (non-hydrogen) atoms. The molecule has 4 nitrogen and oxygen atoms in total. The highest BCUT2D eigenvalue weighted by atomic mass is 19.2. The van der Waals surface area contributed by atoms with Crippen LogP contribution in [-0.2, 0) is 4.79 Å². The summed E-state index contributed by atoms with van der Waals surface area (Å²) in [4.78, 5) is 22.5. The zero-order chi connectivity index (χ0) is 12.4. The molecule has 1 aromatic rings. The van der Waals surface area contributed by atoms with Gasteiger partial charge in [0.1, 0.15) is 0 Å². The molecule has 1 saturated carbocycles. The third-order valence-corrected chi connectivity index (χ3v) is 2.36. The summed E-state index contributed by atoms with van der Waals surface area (Å²) in [5.74, 6) is -2.49. The zero-order valence-electron chi connectivity index (χ0n) is 8.80. The number of anilines is 1. The summed E-state index contributed by atoms with van der Waals surface area (Å²) in [6.07, 6.45) is 1.56. The number of urea groups is 1. The van der Waals surface area contributed by atoms with Crippen LogP contribution in [-0.4, -0.2) is 11.9 Å². The van der Waals surface area contributed by atoms with Crippen molar-refractivity contribution in [2.75, 3.05) is 5.32 Å². The molecule has 2 N–H and O–H groups in total. The average molecular weight is 240 g/mol. The van der Waals surface area contributed by atoms with Crippen LogP contribution in [0.5, 0.6) is 0 Å². The van der Waals surface area contributed by atoms with Gasteiger partial charge in [-0.05, 0) is 25.0 Å². The minimum atomic E-state index is -1.06. The molecule has 90 valence electrons. The molecule has 0 saturated heterocycles. The van der Waals surface area contributed by atoms with Crippen LogP contribution >= 0.6 is 0 Å². The predicted octanol–water partition coefficient (Wildman–Crippen LogP) is 2.02. The van der Waals surface area contributed by atoms with Crippen molar-refractivity contribution >= 4 is 17.6 Å². The van der Waals surface area contributed by atoms with Gasteiger partial charge in [-0.2, -0.15) is 0 Å². The summed E-state index contributed by atoms with van der Waals surface area (Å²) in [7, 11) is 0. The summed E-state index contributed by atoms with van der Waals surface area (Å²) < 4.78 is 25.4. The zero-order valence-corrected chi connectivity index (χ0v) is 8.80. The van der Waals surface area contributed by atoms with Gasteiger partial charge in [0.05, 0.1) is 0 Å². The molecule has 0 unspecified atom stereocenters. The molecule has 2 rings (SSSR count). The number of carbonyl (C=O) groups is 2. The molecule has 0 radical (unpaired) electrons. The Balaban J connectivity index is 1.92. The highest BCUT2D eigenvalue weighted by Crippen LogP contribution is 2.28. The SMILES string of the molecule is O=C(NC(=O)C1CC1)Nc1ccc(F)c(F)c1. The maximum Gasteiger partial charge on any atom is 0.325 e. The van der Waals surface area contributed by atoms with E-state index in [2.05, 4.69) is 10.6 Å². The molecular weight excluding hydrogens is 230 g/mol. The van der Waals surface area contributed by atoms with E-state index in [1.54, 1.807) is 0 Å². The van der Waals surface area contributed by atoms with Crippen LogP contribution < -0.4 is 10.6 Å². The molecule has 6 heteroatoms. The summed E-state index contributed by atoms with van der Waals surface area (Å²) >= 11 is 0. The van der Waals surface area contributed by atoms with E-state index in [1.165, 1.54) is 6.07 Å². The number of rotatable bonds is 2. The van der Waals surface area contributed by atoms with Gasteiger partial charge < -0.3 is 5.32 Å². The lowest BCUT2D eigenvalue weighted by Gasteiger charge is -2.06. The van der Waals surface area contributed by atoms with E-state index in [9.17, 15) is 18.4 Å². The van der Waals surface area contributed by atoms with Crippen LogP contribution in [0.2, 0.25) is 0 Å². The molecule has 1 aliphatic carbocycles. The number of imide groups is 1. The van der Waals surface area contributed by atoms with Crippen molar-refractivity contribution in [3.63, 3.8) is 0 Å². The number of halogens is 2. The number of carbonyl (C=O) groups excluding carboxylic acids is 2. The van der Waals surface area contributed by atoms with Gasteiger partial charge in [0.25, 0.3) is 0 Å². The molecule has 0 aromatic heterocycles. The van der Waals surface area contributed by atoms with E-state index in [4.69, 9.17) is 0 Å². The van der Waals surface area contributed by atoms with E-state index in [0.717, 1.165) is 25.0 Å². The fourth-order valence-corrected chi connectivity index (χ4v) is 1.30. The first-order valence-electron chi connectivity index (χ1n) is 5.13. The minimum absolute atomic E-state index is 0.0880. The van der Waals surface area contributed by atoms with Crippen molar-refractivity contribution in [3.05, 3.63) is 29.8 Å². The van der Waals surface area contributed by atoms with Crippen LogP contribution in [0, 0.1) is 17.6 Å². The summed E-state index contributed by atoms with van der Waals surface area (Å²) in [5.41, 5.74) is 0.0880. The van der Waals surface area contributed by atoms with Crippen molar-refractivity contribution in [3.8, 4) is 0 Å². The molecule has 3 amide bonds. The first-order valence-corrected chi connectivity index (χ1v) is 5.13. The third kappa shape index (κ3) is 2.99. The molecule has 0 bridgehead atoms. The highest BCUT2D eigenvalue weighted by Gasteiger charge is 2.30. The second-order valence-corrected chi connectivity index (χ2v) is 3.85. The summed E-state index contributed by atoms with van der Waals surface area (Å²) in [5, 5.41) is 4.37. The Morgan fingerprint density at radius 2 is 1.88 bits per heavy atom. The Hall–Kier alpha value is -1.98. The Morgan fingerprint density at radius 1 is 1.18 bits per heavy atom. The average Bonchev–Trinajstić information content (AvgIpc) is 3.06. The largest absolute Gasteiger partial charge is 0.325 e. The Kier molecular flexibility index (Phi) is 3.03. The number of hydrogen-bond acceptors (Lipinski definition) is 2. The molecule has 1 aliphatic rings. The maximum atomic E-state index is 12.8. The number of nitrogens with one attached hydrogen (secondary N) is 2. The standard InChI is InChI=1S/C11H10F2N2O2/c12-8-4-3-7(5-9(8)13)14-11(17)15-10(16)6-1-2-6/h3-6H,1-2H2,(H2,14,15,16,17). The van der Waals surface area contributed by atoms with E-state index >= 15 is 0 Å². The van der Waals surface area contributed by atoms with Gasteiger partial charge in [-0.3, -0.25) is 10.1 Å². The number of hydrogen-bond donors (Lipinski definition) is 2. The molecular formula is C11H10F2N2O2. The van der Waals surface area contributed by atoms with Crippen molar-refractivity contribution < 1.29 is 18.4 Å². The van der Waals surface area contributed by atoms with Crippen LogP contribution in [0.4, 0.5) is 19.3 Å². The number of amides is 3. The first kappa shape index (κ1) is 11.5. The molecule has 0 spiro atoms. The summed E-state index contributed by atoms with van der Waals surface area (Å²) in [6, 6.07) is 2.21. The Morgan fingerprint density at radius 3 is 2.47 bits per heavy atom. The lowest BCUT2D eigenvalue weighted by molar-refractivity contribution is -0.121. The van der Waals surface area contributed by atoms with Crippen LogP contribution in [0.25, 0.3) is 0 Å². The van der Waals surface area contributed by atoms with E-state index in [-0.39, 0.29) is 17.5 Å². The lowest BCUT2D eigenvalue weighted by atomic mass is 10.3. The van der Waals surface area contributed by atoms with E-state index in [1.807, 2.05) is 0 Å². The predicted molar refractivity (Wildman–Crippen MR) is 56.2 cm³/mol. The van der Waals surface area contributed by atoms with Gasteiger partial charge in [-0.25, -0.2) is 13.6 Å². The normalized spacial score (nSPS) is 14.2. The number of benzene rings is 1. The summed E-state index contributed by atoms with van der Waals surface area (Å²) in [6.45, 7) is 0. The van der Waals surface area contributed by atoms with Gasteiger partial charge in [0.2, 0.25) is 5.91 Å².